The number of H-pyrrole nitrogens is 1. The summed E-state index contributed by atoms with van der Waals surface area (Å²) in [4.78, 5) is 16.9. The maximum Gasteiger partial charge on any atom is 0.310 e. The van der Waals surface area contributed by atoms with E-state index in [1.54, 1.807) is 0 Å². The molecule has 0 amide bonds. The highest BCUT2D eigenvalue weighted by molar-refractivity contribution is 6.31. The van der Waals surface area contributed by atoms with E-state index in [4.69, 9.17) is 17.3 Å². The molecule has 2 unspecified atom stereocenters. The topological polar surface area (TPSA) is 79.1 Å². The van der Waals surface area contributed by atoms with Crippen molar-refractivity contribution in [2.24, 2.45) is 51.1 Å². The van der Waals surface area contributed by atoms with Crippen LogP contribution in [0.15, 0.2) is 29.8 Å². The molecule has 3 fully saturated rings. The lowest BCUT2D eigenvalue weighted by molar-refractivity contribution is -0.186. The van der Waals surface area contributed by atoms with Gasteiger partial charge >= 0.3 is 5.97 Å². The Labute approximate surface area is 250 Å². The minimum absolute atomic E-state index is 0.0508. The molecule has 7 rings (SSSR count). The molecule has 1 aromatic heterocycles. The second kappa shape index (κ2) is 8.23. The molecule has 0 radical (unpaired) electrons. The van der Waals surface area contributed by atoms with Gasteiger partial charge in [-0.2, -0.15) is 0 Å². The van der Waals surface area contributed by atoms with Crippen LogP contribution in [-0.2, 0) is 16.6 Å². The standard InChI is InChI=1S/C36H49ClN2O2/c1-20-10-14-35(30(40)41)17-16-32(5)25(28(35)21(20)2)11-15-36(38)33(6)19-24-23-18-22(37)8-9-26(23)39-29(24)31(3,4)27(33)12-13-34(32,36)7/h8-9,11,18,20-21,27-28,39H,10,12-17,19,38H2,1-7H3,(H,40,41)/t20-,21?,27?,28+,32-,33+,34+,35+,36+/m1/s1. The third-order valence-electron chi connectivity index (χ3n) is 15.0. The molecule has 0 bridgehead atoms. The lowest BCUT2D eigenvalue weighted by Crippen LogP contribution is -2.77. The van der Waals surface area contributed by atoms with Gasteiger partial charge in [0.15, 0.2) is 0 Å². The summed E-state index contributed by atoms with van der Waals surface area (Å²) in [7, 11) is 0. The number of nitrogens with two attached hydrogens (primary N) is 1. The number of carboxylic acids is 1. The zero-order chi connectivity index (χ0) is 29.5. The van der Waals surface area contributed by atoms with E-state index in [1.807, 2.05) is 6.07 Å². The number of hydrogen-bond donors (Lipinski definition) is 3. The van der Waals surface area contributed by atoms with Gasteiger partial charge in [-0.25, -0.2) is 0 Å². The van der Waals surface area contributed by atoms with Gasteiger partial charge in [0.1, 0.15) is 0 Å². The largest absolute Gasteiger partial charge is 0.481 e. The number of hydrogen-bond acceptors (Lipinski definition) is 2. The second-order valence-electron chi connectivity index (χ2n) is 16.4. The van der Waals surface area contributed by atoms with E-state index < -0.39 is 16.9 Å². The molecule has 4 nitrogen and oxygen atoms in total. The molecule has 222 valence electrons. The first-order valence-electron chi connectivity index (χ1n) is 16.1. The lowest BCUT2D eigenvalue weighted by atomic mass is 9.31. The van der Waals surface area contributed by atoms with Crippen LogP contribution in [0.1, 0.15) is 105 Å². The number of nitrogens with one attached hydrogen (secondary N) is 1. The van der Waals surface area contributed by atoms with Crippen LogP contribution in [0.5, 0.6) is 0 Å². The fourth-order valence-electron chi connectivity index (χ4n) is 12.2. The first-order chi connectivity index (χ1) is 19.1. The fourth-order valence-corrected chi connectivity index (χ4v) is 12.4. The van der Waals surface area contributed by atoms with E-state index in [9.17, 15) is 9.90 Å². The lowest BCUT2D eigenvalue weighted by Gasteiger charge is -2.74. The molecule has 9 atom stereocenters. The van der Waals surface area contributed by atoms with Crippen molar-refractivity contribution in [3.05, 3.63) is 46.1 Å². The number of aromatic nitrogens is 1. The van der Waals surface area contributed by atoms with Crippen molar-refractivity contribution >= 4 is 28.5 Å². The van der Waals surface area contributed by atoms with Crippen LogP contribution in [0.25, 0.3) is 10.9 Å². The van der Waals surface area contributed by atoms with Gasteiger partial charge in [-0.3, -0.25) is 4.79 Å². The number of halogens is 1. The summed E-state index contributed by atoms with van der Waals surface area (Å²) in [6.45, 7) is 17.0. The quantitative estimate of drug-likeness (QED) is 0.297. The highest BCUT2D eigenvalue weighted by Crippen LogP contribution is 2.76. The molecule has 0 saturated heterocycles. The highest BCUT2D eigenvalue weighted by atomic mass is 35.5. The van der Waals surface area contributed by atoms with Crippen LogP contribution in [0.3, 0.4) is 0 Å². The number of rotatable bonds is 1. The number of aromatic amines is 1. The monoisotopic (exact) mass is 576 g/mol. The average Bonchev–Trinajstić information content (AvgIpc) is 3.26. The van der Waals surface area contributed by atoms with Gasteiger partial charge in [0.2, 0.25) is 0 Å². The van der Waals surface area contributed by atoms with E-state index in [1.165, 1.54) is 27.7 Å². The van der Waals surface area contributed by atoms with Gasteiger partial charge < -0.3 is 15.8 Å². The van der Waals surface area contributed by atoms with Crippen molar-refractivity contribution in [1.82, 2.24) is 4.98 Å². The SMILES string of the molecule is CC1[C@H](C)CC[C@]2(C(=O)O)CC[C@]3(C)C(=CC[C@@]4(N)[C@@]3(C)CCC3C(C)(C)c5[nH]c6ccc(Cl)cc6c5C[C@@]34C)[C@H]12. The summed E-state index contributed by atoms with van der Waals surface area (Å²) in [5, 5.41) is 12.7. The van der Waals surface area contributed by atoms with E-state index in [0.29, 0.717) is 17.8 Å². The van der Waals surface area contributed by atoms with Crippen LogP contribution in [0.2, 0.25) is 5.02 Å². The van der Waals surface area contributed by atoms with Crippen molar-refractivity contribution < 1.29 is 9.90 Å². The van der Waals surface area contributed by atoms with Crippen LogP contribution >= 0.6 is 11.6 Å². The molecule has 2 aromatic rings. The highest BCUT2D eigenvalue weighted by Gasteiger charge is 2.74. The van der Waals surface area contributed by atoms with Crippen molar-refractivity contribution in [3.8, 4) is 0 Å². The normalized spacial score (nSPS) is 46.4. The Hall–Kier alpha value is -1.78. The van der Waals surface area contributed by atoms with Crippen LogP contribution < -0.4 is 5.73 Å². The smallest absolute Gasteiger partial charge is 0.310 e. The summed E-state index contributed by atoms with van der Waals surface area (Å²) in [5.41, 5.74) is 11.9. The Kier molecular flexibility index (Phi) is 5.62. The molecule has 1 heterocycles. The summed E-state index contributed by atoms with van der Waals surface area (Å²) in [6.07, 6.45) is 9.96. The predicted octanol–water partition coefficient (Wildman–Crippen LogP) is 8.66. The minimum atomic E-state index is -0.631. The Morgan fingerprint density at radius 3 is 2.49 bits per heavy atom. The number of aliphatic carboxylic acids is 1. The van der Waals surface area contributed by atoms with E-state index in [-0.39, 0.29) is 27.6 Å². The number of benzene rings is 1. The molecule has 5 aliphatic carbocycles. The van der Waals surface area contributed by atoms with Gasteiger partial charge in [-0.1, -0.05) is 71.7 Å². The number of carbonyl (C=O) groups is 1. The maximum atomic E-state index is 13.0. The van der Waals surface area contributed by atoms with E-state index in [0.717, 1.165) is 56.4 Å². The van der Waals surface area contributed by atoms with Crippen molar-refractivity contribution in [3.63, 3.8) is 0 Å². The molecule has 1 aromatic carbocycles. The first-order valence-corrected chi connectivity index (χ1v) is 16.5. The molecule has 0 spiro atoms. The van der Waals surface area contributed by atoms with Crippen LogP contribution in [0, 0.1) is 45.3 Å². The van der Waals surface area contributed by atoms with Crippen LogP contribution in [-0.4, -0.2) is 21.6 Å². The molecule has 0 aliphatic heterocycles. The summed E-state index contributed by atoms with van der Waals surface area (Å²) in [5.74, 6) is 0.859. The summed E-state index contributed by atoms with van der Waals surface area (Å²) >= 11 is 6.54. The first kappa shape index (κ1) is 28.0. The van der Waals surface area contributed by atoms with E-state index >= 15 is 0 Å². The Bertz CT molecular complexity index is 1510. The second-order valence-corrected chi connectivity index (χ2v) is 16.8. The van der Waals surface area contributed by atoms with E-state index in [2.05, 4.69) is 71.7 Å². The third-order valence-corrected chi connectivity index (χ3v) is 15.3. The maximum absolute atomic E-state index is 13.0. The fraction of sp³-hybridized carbons (Fsp3) is 0.694. The zero-order valence-electron chi connectivity index (χ0n) is 26.1. The molecule has 3 saturated carbocycles. The summed E-state index contributed by atoms with van der Waals surface area (Å²) < 4.78 is 0. The Balaban J connectivity index is 1.41. The summed E-state index contributed by atoms with van der Waals surface area (Å²) in [6, 6.07) is 6.24. The molecule has 41 heavy (non-hydrogen) atoms. The van der Waals surface area contributed by atoms with Gasteiger partial charge in [0.25, 0.3) is 0 Å². The van der Waals surface area contributed by atoms with Gasteiger partial charge in [-0.15, -0.1) is 0 Å². The predicted molar refractivity (Wildman–Crippen MR) is 167 cm³/mol. The third kappa shape index (κ3) is 3.05. The van der Waals surface area contributed by atoms with Crippen molar-refractivity contribution in [2.75, 3.05) is 0 Å². The van der Waals surface area contributed by atoms with Gasteiger partial charge in [0, 0.05) is 32.6 Å². The number of carboxylic acid groups (broad SMARTS) is 1. The number of fused-ring (bicyclic) bond motifs is 10. The molecule has 4 N–H and O–H groups in total. The van der Waals surface area contributed by atoms with Gasteiger partial charge in [0.05, 0.1) is 5.41 Å². The van der Waals surface area contributed by atoms with Crippen LogP contribution in [0.4, 0.5) is 0 Å². The Morgan fingerprint density at radius 2 is 1.78 bits per heavy atom. The Morgan fingerprint density at radius 1 is 1.05 bits per heavy atom. The van der Waals surface area contributed by atoms with Gasteiger partial charge in [-0.05, 0) is 115 Å². The molecule has 5 aliphatic rings. The average molecular weight is 577 g/mol. The molecular formula is C36H49ClN2O2. The minimum Gasteiger partial charge on any atom is -0.481 e. The molecule has 5 heteroatoms. The zero-order valence-corrected chi connectivity index (χ0v) is 26.8. The van der Waals surface area contributed by atoms with Crippen molar-refractivity contribution in [1.29, 1.82) is 0 Å². The number of allylic oxidation sites excluding steroid dienone is 1. The van der Waals surface area contributed by atoms with Crippen molar-refractivity contribution in [2.45, 2.75) is 111 Å². The molecular weight excluding hydrogens is 528 g/mol.